The molecule has 7 aromatic carbocycles. The average Bonchev–Trinajstić information content (AvgIpc) is 3.54. The first kappa shape index (κ1) is 28.3. The van der Waals surface area contributed by atoms with Crippen LogP contribution in [0.1, 0.15) is 18.9 Å². The molecule has 1 aliphatic carbocycles. The molecule has 0 spiro atoms. The van der Waals surface area contributed by atoms with Crippen molar-refractivity contribution in [2.75, 3.05) is 0 Å². The number of aromatic nitrogens is 2. The molecule has 8 aromatic rings. The Kier molecular flexibility index (Phi) is 6.87. The Bertz CT molecular complexity index is 2520. The molecule has 0 amide bonds. The van der Waals surface area contributed by atoms with Gasteiger partial charge in [-0.25, -0.2) is 4.98 Å². The van der Waals surface area contributed by atoms with E-state index >= 15 is 0 Å². The molecular weight excluding hydrogens is 581 g/mol. The molecule has 0 bridgehead atoms. The lowest BCUT2D eigenvalue weighted by molar-refractivity contribution is 0.740. The predicted molar refractivity (Wildman–Crippen MR) is 203 cm³/mol. The van der Waals surface area contributed by atoms with E-state index in [0.29, 0.717) is 5.92 Å². The number of rotatable bonds is 5. The zero-order chi connectivity index (χ0) is 32.0. The second-order valence-corrected chi connectivity index (χ2v) is 12.8. The van der Waals surface area contributed by atoms with Crippen LogP contribution >= 0.6 is 0 Å². The molecular formula is C46H34N2. The summed E-state index contributed by atoms with van der Waals surface area (Å²) in [6.45, 7) is 2.31. The van der Waals surface area contributed by atoms with E-state index in [1.807, 2.05) is 0 Å². The molecule has 1 unspecified atom stereocenters. The van der Waals surface area contributed by atoms with E-state index in [0.717, 1.165) is 34.5 Å². The van der Waals surface area contributed by atoms with Gasteiger partial charge in [-0.2, -0.15) is 0 Å². The summed E-state index contributed by atoms with van der Waals surface area (Å²) in [7, 11) is 0. The van der Waals surface area contributed by atoms with Gasteiger partial charge in [0.05, 0.1) is 11.0 Å². The lowest BCUT2D eigenvalue weighted by atomic mass is 9.83. The summed E-state index contributed by atoms with van der Waals surface area (Å²) in [4.78, 5) is 5.09. The van der Waals surface area contributed by atoms with Crippen molar-refractivity contribution in [1.82, 2.24) is 9.55 Å². The smallest absolute Gasteiger partial charge is 0.145 e. The molecule has 1 aromatic heterocycles. The summed E-state index contributed by atoms with van der Waals surface area (Å²) in [5, 5.41) is 5.14. The van der Waals surface area contributed by atoms with Gasteiger partial charge in [-0.3, -0.25) is 4.57 Å². The molecule has 9 rings (SSSR count). The van der Waals surface area contributed by atoms with Crippen LogP contribution in [0, 0.1) is 5.92 Å². The molecule has 0 N–H and O–H groups in total. The lowest BCUT2D eigenvalue weighted by Crippen LogP contribution is -1.98. The molecule has 228 valence electrons. The highest BCUT2D eigenvalue weighted by molar-refractivity contribution is 6.20. The number of fused-ring (bicyclic) bond motifs is 3. The van der Waals surface area contributed by atoms with Crippen LogP contribution in [-0.4, -0.2) is 9.55 Å². The first-order chi connectivity index (χ1) is 23.7. The number of hydrogen-bond acceptors (Lipinski definition) is 1. The quantitative estimate of drug-likeness (QED) is 0.176. The zero-order valence-electron chi connectivity index (χ0n) is 26.8. The Morgan fingerprint density at radius 1 is 0.542 bits per heavy atom. The Morgan fingerprint density at radius 2 is 1.17 bits per heavy atom. The van der Waals surface area contributed by atoms with Gasteiger partial charge in [0, 0.05) is 11.3 Å². The van der Waals surface area contributed by atoms with Crippen molar-refractivity contribution in [2.24, 2.45) is 5.92 Å². The van der Waals surface area contributed by atoms with Crippen molar-refractivity contribution in [3.8, 4) is 39.3 Å². The highest BCUT2D eigenvalue weighted by Gasteiger charge is 2.20. The van der Waals surface area contributed by atoms with Crippen molar-refractivity contribution in [2.45, 2.75) is 13.3 Å². The van der Waals surface area contributed by atoms with Crippen LogP contribution in [0.15, 0.2) is 170 Å². The summed E-state index contributed by atoms with van der Waals surface area (Å²) < 4.78 is 2.26. The van der Waals surface area contributed by atoms with Gasteiger partial charge in [0.2, 0.25) is 0 Å². The minimum atomic E-state index is 0.503. The van der Waals surface area contributed by atoms with Gasteiger partial charge in [0.1, 0.15) is 5.82 Å². The first-order valence-electron chi connectivity index (χ1n) is 16.8. The Balaban J connectivity index is 1.23. The van der Waals surface area contributed by atoms with Crippen LogP contribution in [-0.2, 0) is 0 Å². The number of benzene rings is 7. The van der Waals surface area contributed by atoms with Crippen molar-refractivity contribution < 1.29 is 0 Å². The summed E-state index contributed by atoms with van der Waals surface area (Å²) in [5.41, 5.74) is 11.8. The van der Waals surface area contributed by atoms with Crippen molar-refractivity contribution in [3.63, 3.8) is 0 Å². The number of para-hydroxylation sites is 3. The fraction of sp³-hybridized carbons (Fsp3) is 0.0652. The summed E-state index contributed by atoms with van der Waals surface area (Å²) >= 11 is 0. The minimum Gasteiger partial charge on any atom is -0.292 e. The largest absolute Gasteiger partial charge is 0.292 e. The minimum absolute atomic E-state index is 0.503. The third-order valence-corrected chi connectivity index (χ3v) is 9.70. The van der Waals surface area contributed by atoms with Crippen LogP contribution in [0.25, 0.3) is 77.5 Å². The Hall–Kier alpha value is -5.99. The molecule has 0 radical (unpaired) electrons. The topological polar surface area (TPSA) is 17.8 Å². The second-order valence-electron chi connectivity index (χ2n) is 12.8. The molecule has 0 saturated carbocycles. The normalized spacial score (nSPS) is 14.5. The third kappa shape index (κ3) is 4.77. The molecule has 1 heterocycles. The second kappa shape index (κ2) is 11.7. The Morgan fingerprint density at radius 3 is 1.94 bits per heavy atom. The van der Waals surface area contributed by atoms with Crippen LogP contribution in [0.3, 0.4) is 0 Å². The van der Waals surface area contributed by atoms with E-state index < -0.39 is 0 Å². The lowest BCUT2D eigenvalue weighted by Gasteiger charge is -2.21. The van der Waals surface area contributed by atoms with Crippen LogP contribution in [0.5, 0.6) is 0 Å². The first-order valence-corrected chi connectivity index (χ1v) is 16.8. The van der Waals surface area contributed by atoms with E-state index in [4.69, 9.17) is 4.98 Å². The summed E-state index contributed by atoms with van der Waals surface area (Å²) in [6, 6.07) is 54.6. The predicted octanol–water partition coefficient (Wildman–Crippen LogP) is 12.3. The van der Waals surface area contributed by atoms with Gasteiger partial charge < -0.3 is 0 Å². The number of allylic oxidation sites excluding steroid dienone is 4. The summed E-state index contributed by atoms with van der Waals surface area (Å²) in [6.07, 6.45) is 8.18. The highest BCUT2D eigenvalue weighted by atomic mass is 15.1. The Labute approximate surface area is 281 Å². The van der Waals surface area contributed by atoms with Crippen LogP contribution in [0.2, 0.25) is 0 Å². The third-order valence-electron chi connectivity index (χ3n) is 9.70. The standard InChI is InChI=1S/C46H34N2/c1-31-13-12-16-36(29-31)45-39-20-9-8-19-38(39)44(33-14-4-2-5-15-33)40-28-27-35(30-41(40)45)32-23-25-34(26-24-32)46-47-42-21-10-11-22-43(42)48(46)37-17-6-3-7-18-37/h2-12,14-31H,13H2,1H3. The maximum absolute atomic E-state index is 5.09. The van der Waals surface area contributed by atoms with E-state index in [2.05, 4.69) is 181 Å². The monoisotopic (exact) mass is 614 g/mol. The van der Waals surface area contributed by atoms with Crippen molar-refractivity contribution >= 4 is 38.2 Å². The molecule has 2 heteroatoms. The maximum Gasteiger partial charge on any atom is 0.145 e. The van der Waals surface area contributed by atoms with Gasteiger partial charge in [-0.1, -0.05) is 146 Å². The molecule has 0 saturated heterocycles. The molecule has 48 heavy (non-hydrogen) atoms. The molecule has 2 nitrogen and oxygen atoms in total. The molecule has 0 fully saturated rings. The molecule has 1 atom stereocenters. The number of imidazole rings is 1. The van der Waals surface area contributed by atoms with E-state index in [9.17, 15) is 0 Å². The van der Waals surface area contributed by atoms with E-state index in [1.165, 1.54) is 54.9 Å². The van der Waals surface area contributed by atoms with Gasteiger partial charge in [-0.05, 0) is 97.6 Å². The van der Waals surface area contributed by atoms with E-state index in [-0.39, 0.29) is 0 Å². The zero-order valence-corrected chi connectivity index (χ0v) is 26.8. The summed E-state index contributed by atoms with van der Waals surface area (Å²) in [5.74, 6) is 1.45. The van der Waals surface area contributed by atoms with Gasteiger partial charge in [-0.15, -0.1) is 0 Å². The SMILES string of the molecule is CC1C=C(c2c3ccccc3c(-c3ccccc3)c3ccc(-c4ccc(-c5nc6ccccc6n5-c5ccccc5)cc4)cc23)C=CC1. The maximum atomic E-state index is 5.09. The van der Waals surface area contributed by atoms with Crippen molar-refractivity contribution in [3.05, 3.63) is 175 Å². The van der Waals surface area contributed by atoms with Crippen LogP contribution < -0.4 is 0 Å². The highest BCUT2D eigenvalue weighted by Crippen LogP contribution is 2.44. The van der Waals surface area contributed by atoms with Gasteiger partial charge in [0.25, 0.3) is 0 Å². The number of nitrogens with zero attached hydrogens (tertiary/aromatic N) is 2. The fourth-order valence-electron chi connectivity index (χ4n) is 7.46. The molecule has 1 aliphatic rings. The van der Waals surface area contributed by atoms with Gasteiger partial charge >= 0.3 is 0 Å². The molecule has 0 aliphatic heterocycles. The number of hydrogen-bond donors (Lipinski definition) is 0. The van der Waals surface area contributed by atoms with Gasteiger partial charge in [0.15, 0.2) is 0 Å². The van der Waals surface area contributed by atoms with E-state index in [1.54, 1.807) is 0 Å². The van der Waals surface area contributed by atoms with Crippen LogP contribution in [0.4, 0.5) is 0 Å². The van der Waals surface area contributed by atoms with Crippen molar-refractivity contribution in [1.29, 1.82) is 0 Å². The fourth-order valence-corrected chi connectivity index (χ4v) is 7.46. The average molecular weight is 615 g/mol.